The molecule has 5 rings (SSSR count). The van der Waals surface area contributed by atoms with Gasteiger partial charge in [0.25, 0.3) is 0 Å². The summed E-state index contributed by atoms with van der Waals surface area (Å²) in [4.78, 5) is 6.91. The molecule has 1 aromatic heterocycles. The molecule has 2 fully saturated rings. The van der Waals surface area contributed by atoms with Gasteiger partial charge >= 0.3 is 0 Å². The number of hydrogen-bond acceptors (Lipinski definition) is 4. The number of alkyl halides is 1. The molecule has 1 unspecified atom stereocenters. The third-order valence-corrected chi connectivity index (χ3v) is 7.27. The van der Waals surface area contributed by atoms with Gasteiger partial charge in [-0.1, -0.05) is 36.4 Å². The molecular formula is C26H32FN3O. The van der Waals surface area contributed by atoms with Gasteiger partial charge in [0, 0.05) is 36.1 Å². The molecule has 1 spiro atoms. The zero-order valence-corrected chi connectivity index (χ0v) is 18.1. The molecule has 4 nitrogen and oxygen atoms in total. The number of nitrogens with one attached hydrogen (secondary N) is 1. The highest BCUT2D eigenvalue weighted by atomic mass is 19.1. The first-order chi connectivity index (χ1) is 15.2. The molecule has 2 aromatic rings. The van der Waals surface area contributed by atoms with E-state index in [0.29, 0.717) is 13.1 Å². The van der Waals surface area contributed by atoms with Crippen molar-refractivity contribution >= 4 is 5.69 Å². The van der Waals surface area contributed by atoms with Gasteiger partial charge < -0.3 is 15.0 Å². The van der Waals surface area contributed by atoms with Crippen LogP contribution >= 0.6 is 0 Å². The second-order valence-electron chi connectivity index (χ2n) is 9.39. The van der Waals surface area contributed by atoms with Gasteiger partial charge in [-0.25, -0.2) is 4.39 Å². The number of hydrogen-bond donors (Lipinski definition) is 1. The lowest BCUT2D eigenvalue weighted by atomic mass is 9.67. The van der Waals surface area contributed by atoms with Crippen LogP contribution in [0.3, 0.4) is 0 Å². The number of aromatic nitrogens is 1. The van der Waals surface area contributed by atoms with Crippen LogP contribution in [0.25, 0.3) is 0 Å². The van der Waals surface area contributed by atoms with Crippen LogP contribution in [0.2, 0.25) is 0 Å². The number of ether oxygens (including phenoxy) is 1. The van der Waals surface area contributed by atoms with E-state index in [2.05, 4.69) is 52.7 Å². The highest BCUT2D eigenvalue weighted by Gasteiger charge is 2.47. The number of halogens is 1. The maximum atomic E-state index is 13.3. The molecular weight excluding hydrogens is 389 g/mol. The van der Waals surface area contributed by atoms with Crippen LogP contribution in [0.15, 0.2) is 60.8 Å². The van der Waals surface area contributed by atoms with Crippen LogP contribution in [0.5, 0.6) is 0 Å². The molecule has 2 aliphatic heterocycles. The molecule has 0 saturated carbocycles. The van der Waals surface area contributed by atoms with Crippen molar-refractivity contribution in [3.05, 3.63) is 72.1 Å². The van der Waals surface area contributed by atoms with Gasteiger partial charge in [-0.2, -0.15) is 0 Å². The number of nitrogens with zero attached hydrogens (tertiary/aromatic N) is 2. The van der Waals surface area contributed by atoms with Crippen LogP contribution < -0.4 is 10.2 Å². The zero-order chi connectivity index (χ0) is 21.2. The molecule has 1 N–H and O–H groups in total. The maximum Gasteiger partial charge on any atom is 0.135 e. The normalized spacial score (nSPS) is 25.1. The first kappa shape index (κ1) is 20.7. The summed E-state index contributed by atoms with van der Waals surface area (Å²) in [5.41, 5.74) is 3.58. The Morgan fingerprint density at radius 1 is 1.10 bits per heavy atom. The first-order valence-electron chi connectivity index (χ1n) is 11.6. The van der Waals surface area contributed by atoms with Crippen LogP contribution in [0.1, 0.15) is 43.4 Å². The maximum absolute atomic E-state index is 13.3. The molecule has 3 aliphatic rings. The Balaban J connectivity index is 1.26. The topological polar surface area (TPSA) is 37.4 Å². The van der Waals surface area contributed by atoms with Crippen molar-refractivity contribution in [1.29, 1.82) is 0 Å². The van der Waals surface area contributed by atoms with E-state index in [4.69, 9.17) is 9.72 Å². The molecule has 164 valence electrons. The Labute approximate surface area is 184 Å². The number of benzene rings is 1. The van der Waals surface area contributed by atoms with Crippen LogP contribution in [0.4, 0.5) is 10.1 Å². The van der Waals surface area contributed by atoms with Crippen molar-refractivity contribution in [2.45, 2.75) is 55.8 Å². The lowest BCUT2D eigenvalue weighted by molar-refractivity contribution is -0.100. The van der Waals surface area contributed by atoms with Gasteiger partial charge in [0.2, 0.25) is 0 Å². The largest absolute Gasteiger partial charge is 0.374 e. The van der Waals surface area contributed by atoms with Gasteiger partial charge in [-0.3, -0.25) is 4.98 Å². The smallest absolute Gasteiger partial charge is 0.135 e. The van der Waals surface area contributed by atoms with Crippen molar-refractivity contribution in [2.24, 2.45) is 0 Å². The summed E-state index contributed by atoms with van der Waals surface area (Å²) >= 11 is 0. The lowest BCUT2D eigenvalue weighted by Gasteiger charge is -2.46. The van der Waals surface area contributed by atoms with E-state index < -0.39 is 6.17 Å². The van der Waals surface area contributed by atoms with E-state index in [-0.39, 0.29) is 11.0 Å². The second-order valence-corrected chi connectivity index (χ2v) is 9.39. The number of rotatable bonds is 7. The van der Waals surface area contributed by atoms with Crippen LogP contribution in [-0.2, 0) is 16.7 Å². The second kappa shape index (κ2) is 8.71. The molecule has 0 amide bonds. The molecule has 1 aliphatic carbocycles. The van der Waals surface area contributed by atoms with Crippen molar-refractivity contribution in [1.82, 2.24) is 10.3 Å². The number of pyridine rings is 1. The van der Waals surface area contributed by atoms with E-state index in [1.54, 1.807) is 0 Å². The SMILES string of the molecule is FC1CN(c2ccccc2CNCCC2(c3ccccn3)CCOC3(CC=CC3)C2)C1. The van der Waals surface area contributed by atoms with Gasteiger partial charge in [-0.15, -0.1) is 0 Å². The fourth-order valence-corrected chi connectivity index (χ4v) is 5.54. The fraction of sp³-hybridized carbons (Fsp3) is 0.500. The summed E-state index contributed by atoms with van der Waals surface area (Å²) in [6, 6.07) is 14.7. The quantitative estimate of drug-likeness (QED) is 0.525. The molecule has 1 atom stereocenters. The summed E-state index contributed by atoms with van der Waals surface area (Å²) in [5, 5.41) is 3.67. The van der Waals surface area contributed by atoms with E-state index in [9.17, 15) is 4.39 Å². The molecule has 0 bridgehead atoms. The predicted octanol–water partition coefficient (Wildman–Crippen LogP) is 4.56. The molecule has 3 heterocycles. The third kappa shape index (κ3) is 4.26. The summed E-state index contributed by atoms with van der Waals surface area (Å²) in [6.07, 6.45) is 10.8. The fourth-order valence-electron chi connectivity index (χ4n) is 5.54. The Hall–Kier alpha value is -2.24. The third-order valence-electron chi connectivity index (χ3n) is 7.27. The van der Waals surface area contributed by atoms with Crippen molar-refractivity contribution in [3.8, 4) is 0 Å². The molecule has 0 radical (unpaired) electrons. The lowest BCUT2D eigenvalue weighted by Crippen LogP contribution is -2.49. The average Bonchev–Trinajstić information content (AvgIpc) is 3.23. The standard InChI is InChI=1S/C26H32FN3O/c27-22-18-30(19-22)23-8-2-1-7-21(23)17-28-15-12-25(24-9-3-6-14-29-24)13-16-31-26(20-25)10-4-5-11-26/h1-9,14,22,28H,10-13,15-20H2. The average molecular weight is 422 g/mol. The Morgan fingerprint density at radius 2 is 1.90 bits per heavy atom. The van der Waals surface area contributed by atoms with E-state index >= 15 is 0 Å². The highest BCUT2D eigenvalue weighted by molar-refractivity contribution is 5.55. The van der Waals surface area contributed by atoms with E-state index in [0.717, 1.165) is 57.5 Å². The van der Waals surface area contributed by atoms with E-state index in [1.165, 1.54) is 11.3 Å². The summed E-state index contributed by atoms with van der Waals surface area (Å²) < 4.78 is 19.7. The van der Waals surface area contributed by atoms with Gasteiger partial charge in [-0.05, 0) is 62.4 Å². The van der Waals surface area contributed by atoms with E-state index in [1.807, 2.05) is 18.3 Å². The number of anilines is 1. The Morgan fingerprint density at radius 3 is 2.68 bits per heavy atom. The minimum absolute atomic E-state index is 0.0387. The summed E-state index contributed by atoms with van der Waals surface area (Å²) in [6.45, 7) is 3.53. The number of para-hydroxylation sites is 1. The Bertz CT molecular complexity index is 904. The van der Waals surface area contributed by atoms with Gasteiger partial charge in [0.05, 0.1) is 18.7 Å². The summed E-state index contributed by atoms with van der Waals surface area (Å²) in [7, 11) is 0. The molecule has 1 aromatic carbocycles. The van der Waals surface area contributed by atoms with Crippen molar-refractivity contribution in [2.75, 3.05) is 31.1 Å². The molecule has 2 saturated heterocycles. The minimum atomic E-state index is -0.690. The minimum Gasteiger partial charge on any atom is -0.374 e. The van der Waals surface area contributed by atoms with Crippen molar-refractivity contribution in [3.63, 3.8) is 0 Å². The van der Waals surface area contributed by atoms with Crippen molar-refractivity contribution < 1.29 is 9.13 Å². The zero-order valence-electron chi connectivity index (χ0n) is 18.1. The molecule has 5 heteroatoms. The monoisotopic (exact) mass is 421 g/mol. The highest BCUT2D eigenvalue weighted by Crippen LogP contribution is 2.47. The Kier molecular flexibility index (Phi) is 5.81. The van der Waals surface area contributed by atoms with Gasteiger partial charge in [0.1, 0.15) is 6.17 Å². The molecule has 31 heavy (non-hydrogen) atoms. The predicted molar refractivity (Wildman–Crippen MR) is 122 cm³/mol. The van der Waals surface area contributed by atoms with Crippen LogP contribution in [0, 0.1) is 0 Å². The van der Waals surface area contributed by atoms with Gasteiger partial charge in [0.15, 0.2) is 0 Å². The summed E-state index contributed by atoms with van der Waals surface area (Å²) in [5.74, 6) is 0. The first-order valence-corrected chi connectivity index (χ1v) is 11.6. The van der Waals surface area contributed by atoms with Crippen LogP contribution in [-0.4, -0.2) is 43.0 Å².